The van der Waals surface area contributed by atoms with Crippen LogP contribution in [0.2, 0.25) is 0 Å². The molecule has 3 N–H and O–H groups in total. The van der Waals surface area contributed by atoms with Gasteiger partial charge in [-0.2, -0.15) is 0 Å². The lowest BCUT2D eigenvalue weighted by Crippen LogP contribution is -2.54. The smallest absolute Gasteiger partial charge is 0.262 e. The fourth-order valence-electron chi connectivity index (χ4n) is 3.99. The summed E-state index contributed by atoms with van der Waals surface area (Å²) in [6, 6.07) is 4.20. The third kappa shape index (κ3) is 3.27. The Morgan fingerprint density at radius 3 is 2.64 bits per heavy atom. The predicted octanol–water partition coefficient (Wildman–Crippen LogP) is -0.123. The van der Waals surface area contributed by atoms with Gasteiger partial charge in [-0.05, 0) is 31.0 Å². The number of carbonyl (C=O) groups is 4. The van der Waals surface area contributed by atoms with Gasteiger partial charge in [0.05, 0.1) is 17.2 Å². The standard InChI is InChI=1S/C19H22N4O5/c1-28-12-6-11(8-20-9-12)21-10-2-3-13-14(7-10)19(27)23(18(13)26)15-4-5-16(24)22-17(15)25/h2-3,7,11-12,15,20-21H,4-6,8-9H2,1H3,(H,22,24,25)/t11-,12+,15?/m1/s1. The number of rotatable bonds is 4. The molecule has 0 spiro atoms. The molecule has 3 atom stereocenters. The summed E-state index contributed by atoms with van der Waals surface area (Å²) < 4.78 is 5.39. The van der Waals surface area contributed by atoms with Gasteiger partial charge < -0.3 is 15.4 Å². The second-order valence-electron chi connectivity index (χ2n) is 7.30. The van der Waals surface area contributed by atoms with Crippen molar-refractivity contribution in [2.45, 2.75) is 37.5 Å². The molecule has 0 aliphatic carbocycles. The number of piperidine rings is 2. The van der Waals surface area contributed by atoms with Crippen molar-refractivity contribution in [1.82, 2.24) is 15.5 Å². The number of fused-ring (bicyclic) bond motifs is 1. The summed E-state index contributed by atoms with van der Waals surface area (Å²) in [7, 11) is 1.68. The Balaban J connectivity index is 1.52. The first kappa shape index (κ1) is 18.6. The van der Waals surface area contributed by atoms with Gasteiger partial charge in [-0.25, -0.2) is 0 Å². The number of anilines is 1. The Labute approximate surface area is 161 Å². The molecule has 3 heterocycles. The number of imide groups is 2. The molecule has 9 nitrogen and oxygen atoms in total. The van der Waals surface area contributed by atoms with Crippen molar-refractivity contribution in [1.29, 1.82) is 0 Å². The fraction of sp³-hybridized carbons (Fsp3) is 0.474. The number of nitrogens with zero attached hydrogens (tertiary/aromatic N) is 1. The van der Waals surface area contributed by atoms with Gasteiger partial charge in [-0.1, -0.05) is 0 Å². The minimum atomic E-state index is -0.952. The van der Waals surface area contributed by atoms with Crippen LogP contribution >= 0.6 is 0 Å². The monoisotopic (exact) mass is 386 g/mol. The lowest BCUT2D eigenvalue weighted by atomic mass is 10.0. The SMILES string of the molecule is CO[C@@H]1CNC[C@H](Nc2ccc3c(c2)C(=O)N(C2CCC(=O)NC2=O)C3=O)C1. The van der Waals surface area contributed by atoms with E-state index < -0.39 is 23.8 Å². The Morgan fingerprint density at radius 2 is 1.89 bits per heavy atom. The Kier molecular flexibility index (Phi) is 4.86. The van der Waals surface area contributed by atoms with Crippen LogP contribution in [0.5, 0.6) is 0 Å². The summed E-state index contributed by atoms with van der Waals surface area (Å²) in [5.41, 5.74) is 1.28. The van der Waals surface area contributed by atoms with E-state index in [1.165, 1.54) is 0 Å². The lowest BCUT2D eigenvalue weighted by molar-refractivity contribution is -0.136. The average Bonchev–Trinajstić information content (AvgIpc) is 2.93. The molecule has 3 aliphatic rings. The molecular weight excluding hydrogens is 364 g/mol. The van der Waals surface area contributed by atoms with Crippen LogP contribution in [0.3, 0.4) is 0 Å². The number of benzene rings is 1. The van der Waals surface area contributed by atoms with Gasteiger partial charge in [0, 0.05) is 38.3 Å². The zero-order valence-corrected chi connectivity index (χ0v) is 15.5. The van der Waals surface area contributed by atoms with Gasteiger partial charge in [0.15, 0.2) is 0 Å². The second kappa shape index (κ2) is 7.33. The summed E-state index contributed by atoms with van der Waals surface area (Å²) in [5.74, 6) is -2.00. The molecule has 0 radical (unpaired) electrons. The van der Waals surface area contributed by atoms with Crippen LogP contribution in [0, 0.1) is 0 Å². The Bertz CT molecular complexity index is 855. The van der Waals surface area contributed by atoms with Crippen LogP contribution in [0.25, 0.3) is 0 Å². The van der Waals surface area contributed by atoms with Crippen molar-refractivity contribution in [2.24, 2.45) is 0 Å². The summed E-state index contributed by atoms with van der Waals surface area (Å²) in [5, 5.41) is 8.86. The van der Waals surface area contributed by atoms with Crippen molar-refractivity contribution in [3.8, 4) is 0 Å². The van der Waals surface area contributed by atoms with E-state index in [-0.39, 0.29) is 42.0 Å². The highest BCUT2D eigenvalue weighted by molar-refractivity contribution is 6.23. The predicted molar refractivity (Wildman–Crippen MR) is 98.8 cm³/mol. The molecule has 4 amide bonds. The summed E-state index contributed by atoms with van der Waals surface area (Å²) in [6.07, 6.45) is 1.20. The molecule has 0 aromatic heterocycles. The highest BCUT2D eigenvalue weighted by atomic mass is 16.5. The molecule has 1 aromatic rings. The maximum Gasteiger partial charge on any atom is 0.262 e. The molecule has 4 rings (SSSR count). The largest absolute Gasteiger partial charge is 0.381 e. The molecular formula is C19H22N4O5. The maximum absolute atomic E-state index is 12.9. The van der Waals surface area contributed by atoms with E-state index in [0.717, 1.165) is 30.1 Å². The van der Waals surface area contributed by atoms with Crippen molar-refractivity contribution >= 4 is 29.3 Å². The highest BCUT2D eigenvalue weighted by Crippen LogP contribution is 2.30. The summed E-state index contributed by atoms with van der Waals surface area (Å²) in [4.78, 5) is 50.0. The van der Waals surface area contributed by atoms with Crippen molar-refractivity contribution in [3.63, 3.8) is 0 Å². The molecule has 1 aromatic carbocycles. The van der Waals surface area contributed by atoms with E-state index in [0.29, 0.717) is 0 Å². The fourth-order valence-corrected chi connectivity index (χ4v) is 3.99. The van der Waals surface area contributed by atoms with Crippen molar-refractivity contribution < 1.29 is 23.9 Å². The van der Waals surface area contributed by atoms with E-state index >= 15 is 0 Å². The second-order valence-corrected chi connectivity index (χ2v) is 7.30. The molecule has 1 unspecified atom stereocenters. The quantitative estimate of drug-likeness (QED) is 0.618. The van der Waals surface area contributed by atoms with E-state index in [1.54, 1.807) is 25.3 Å². The van der Waals surface area contributed by atoms with E-state index in [1.807, 2.05) is 0 Å². The number of amides is 4. The number of methoxy groups -OCH3 is 1. The number of carbonyl (C=O) groups excluding carboxylic acids is 4. The van der Waals surface area contributed by atoms with E-state index in [9.17, 15) is 19.2 Å². The minimum Gasteiger partial charge on any atom is -0.381 e. The molecule has 2 saturated heterocycles. The van der Waals surface area contributed by atoms with Gasteiger partial charge in [-0.15, -0.1) is 0 Å². The summed E-state index contributed by atoms with van der Waals surface area (Å²) in [6.45, 7) is 1.57. The number of hydrogen-bond acceptors (Lipinski definition) is 7. The number of hydrogen-bond donors (Lipinski definition) is 3. The van der Waals surface area contributed by atoms with Crippen LogP contribution in [0.15, 0.2) is 18.2 Å². The molecule has 2 fully saturated rings. The van der Waals surface area contributed by atoms with Gasteiger partial charge in [0.2, 0.25) is 11.8 Å². The van der Waals surface area contributed by atoms with Gasteiger partial charge in [0.25, 0.3) is 11.8 Å². The molecule has 0 saturated carbocycles. The maximum atomic E-state index is 12.9. The highest BCUT2D eigenvalue weighted by Gasteiger charge is 2.44. The zero-order chi connectivity index (χ0) is 19.8. The third-order valence-corrected chi connectivity index (χ3v) is 5.45. The van der Waals surface area contributed by atoms with Crippen molar-refractivity contribution in [3.05, 3.63) is 29.3 Å². The van der Waals surface area contributed by atoms with Gasteiger partial charge >= 0.3 is 0 Å². The Morgan fingerprint density at radius 1 is 1.11 bits per heavy atom. The van der Waals surface area contributed by atoms with Crippen LogP contribution in [-0.2, 0) is 14.3 Å². The number of ether oxygens (including phenoxy) is 1. The van der Waals surface area contributed by atoms with E-state index in [4.69, 9.17) is 4.74 Å². The first-order valence-electron chi connectivity index (χ1n) is 9.33. The molecule has 28 heavy (non-hydrogen) atoms. The van der Waals surface area contributed by atoms with Crippen LogP contribution in [-0.4, -0.2) is 66.9 Å². The molecule has 3 aliphatic heterocycles. The Hall–Kier alpha value is -2.78. The van der Waals surface area contributed by atoms with Crippen LogP contribution in [0.1, 0.15) is 40.0 Å². The topological polar surface area (TPSA) is 117 Å². The molecule has 9 heteroatoms. The molecule has 0 bridgehead atoms. The van der Waals surface area contributed by atoms with Crippen LogP contribution in [0.4, 0.5) is 5.69 Å². The van der Waals surface area contributed by atoms with E-state index in [2.05, 4.69) is 16.0 Å². The average molecular weight is 386 g/mol. The van der Waals surface area contributed by atoms with Gasteiger partial charge in [-0.3, -0.25) is 29.4 Å². The third-order valence-electron chi connectivity index (χ3n) is 5.45. The lowest BCUT2D eigenvalue weighted by Gasteiger charge is -2.30. The minimum absolute atomic E-state index is 0.103. The molecule has 148 valence electrons. The normalized spacial score (nSPS) is 27.6. The van der Waals surface area contributed by atoms with Crippen molar-refractivity contribution in [2.75, 3.05) is 25.5 Å². The van der Waals surface area contributed by atoms with Gasteiger partial charge in [0.1, 0.15) is 6.04 Å². The number of nitrogens with one attached hydrogen (secondary N) is 3. The summed E-state index contributed by atoms with van der Waals surface area (Å²) >= 11 is 0. The van der Waals surface area contributed by atoms with Crippen LogP contribution < -0.4 is 16.0 Å². The first-order chi connectivity index (χ1) is 13.5. The zero-order valence-electron chi connectivity index (χ0n) is 15.5. The first-order valence-corrected chi connectivity index (χ1v) is 9.33.